The summed E-state index contributed by atoms with van der Waals surface area (Å²) in [6.45, 7) is 1.16. The Kier molecular flexibility index (Phi) is 4.36. The summed E-state index contributed by atoms with van der Waals surface area (Å²) in [6, 6.07) is 1.29. The van der Waals surface area contributed by atoms with E-state index in [1.54, 1.807) is 0 Å². The molecule has 118 valence electrons. The number of alkyl halides is 6. The molecule has 1 atom stereocenters. The van der Waals surface area contributed by atoms with Gasteiger partial charge in [0, 0.05) is 6.54 Å². The van der Waals surface area contributed by atoms with Crippen molar-refractivity contribution in [2.45, 2.75) is 31.3 Å². The van der Waals surface area contributed by atoms with Gasteiger partial charge in [0.25, 0.3) is 0 Å². The van der Waals surface area contributed by atoms with Crippen LogP contribution in [0.25, 0.3) is 0 Å². The molecule has 1 N–H and O–H groups in total. The maximum atomic E-state index is 12.7. The third-order valence-electron chi connectivity index (χ3n) is 3.12. The molecule has 1 aliphatic heterocycles. The molecular weight excluding hydrogens is 300 g/mol. The zero-order chi connectivity index (χ0) is 15.7. The van der Waals surface area contributed by atoms with E-state index in [-0.39, 0.29) is 6.07 Å². The summed E-state index contributed by atoms with van der Waals surface area (Å²) in [5.41, 5.74) is -2.73. The third-order valence-corrected chi connectivity index (χ3v) is 3.12. The smallest absolute Gasteiger partial charge is 0.416 e. The van der Waals surface area contributed by atoms with Crippen LogP contribution in [0.2, 0.25) is 0 Å². The Morgan fingerprint density at radius 3 is 1.95 bits per heavy atom. The van der Waals surface area contributed by atoms with Crippen molar-refractivity contribution in [2.24, 2.45) is 0 Å². The number of hydrogen-bond donors (Lipinski definition) is 1. The molecule has 0 aliphatic carbocycles. The van der Waals surface area contributed by atoms with Crippen LogP contribution in [0, 0.1) is 0 Å². The van der Waals surface area contributed by atoms with Crippen LogP contribution >= 0.6 is 0 Å². The van der Waals surface area contributed by atoms with Crippen molar-refractivity contribution in [1.29, 1.82) is 0 Å². The first-order chi connectivity index (χ1) is 9.66. The molecule has 1 unspecified atom stereocenters. The predicted molar refractivity (Wildman–Crippen MR) is 63.0 cm³/mol. The van der Waals surface area contributed by atoms with Gasteiger partial charge in [-0.25, -0.2) is 0 Å². The Bertz CT molecular complexity index is 458. The van der Waals surface area contributed by atoms with Crippen LogP contribution in [0.1, 0.15) is 24.0 Å². The van der Waals surface area contributed by atoms with E-state index in [1.165, 1.54) is 0 Å². The summed E-state index contributed by atoms with van der Waals surface area (Å²) < 4.78 is 81.3. The number of rotatable bonds is 2. The van der Waals surface area contributed by atoms with E-state index in [0.29, 0.717) is 25.1 Å². The minimum Gasteiger partial charge on any atom is -0.489 e. The minimum absolute atomic E-state index is 0.0893. The second-order valence-electron chi connectivity index (χ2n) is 4.83. The first-order valence-electron chi connectivity index (χ1n) is 6.33. The summed E-state index contributed by atoms with van der Waals surface area (Å²) >= 11 is 0. The van der Waals surface area contributed by atoms with Gasteiger partial charge in [0.15, 0.2) is 0 Å². The molecule has 0 aromatic heterocycles. The summed E-state index contributed by atoms with van der Waals surface area (Å²) in [5.74, 6) is -0.411. The lowest BCUT2D eigenvalue weighted by Gasteiger charge is -2.25. The molecule has 2 rings (SSSR count). The van der Waals surface area contributed by atoms with Gasteiger partial charge in [-0.3, -0.25) is 0 Å². The fourth-order valence-corrected chi connectivity index (χ4v) is 2.11. The van der Waals surface area contributed by atoms with Gasteiger partial charge in [0.1, 0.15) is 11.9 Å². The second kappa shape index (κ2) is 5.75. The first kappa shape index (κ1) is 15.9. The van der Waals surface area contributed by atoms with Crippen LogP contribution < -0.4 is 10.1 Å². The number of benzene rings is 1. The summed E-state index contributed by atoms with van der Waals surface area (Å²) in [5, 5.41) is 2.98. The lowest BCUT2D eigenvalue weighted by molar-refractivity contribution is -0.143. The maximum Gasteiger partial charge on any atom is 0.416 e. The van der Waals surface area contributed by atoms with Crippen LogP contribution in [-0.4, -0.2) is 19.2 Å². The standard InChI is InChI=1S/C13H13F6NO/c14-12(15,16)8-4-9(13(17,18)19)6-11(5-8)21-10-2-1-3-20-7-10/h4-6,10,20H,1-3,7H2. The summed E-state index contributed by atoms with van der Waals surface area (Å²) in [6.07, 6.45) is -8.79. The van der Waals surface area contributed by atoms with Gasteiger partial charge in [-0.15, -0.1) is 0 Å². The van der Waals surface area contributed by atoms with Gasteiger partial charge in [-0.2, -0.15) is 26.3 Å². The van der Waals surface area contributed by atoms with Gasteiger partial charge >= 0.3 is 12.4 Å². The van der Waals surface area contributed by atoms with E-state index >= 15 is 0 Å². The van der Waals surface area contributed by atoms with Gasteiger partial charge in [-0.1, -0.05) is 0 Å². The minimum atomic E-state index is -4.86. The first-order valence-corrected chi connectivity index (χ1v) is 6.33. The molecular formula is C13H13F6NO. The third kappa shape index (κ3) is 4.26. The molecule has 0 saturated carbocycles. The molecule has 0 bridgehead atoms. The van der Waals surface area contributed by atoms with E-state index in [4.69, 9.17) is 4.74 Å². The highest BCUT2D eigenvalue weighted by molar-refractivity contribution is 5.37. The predicted octanol–water partition coefficient (Wildman–Crippen LogP) is 3.86. The topological polar surface area (TPSA) is 21.3 Å². The van der Waals surface area contributed by atoms with E-state index < -0.39 is 35.3 Å². The van der Waals surface area contributed by atoms with Crippen molar-refractivity contribution in [3.8, 4) is 5.75 Å². The van der Waals surface area contributed by atoms with Crippen molar-refractivity contribution < 1.29 is 31.1 Å². The Morgan fingerprint density at radius 1 is 0.952 bits per heavy atom. The van der Waals surface area contributed by atoms with E-state index in [1.807, 2.05) is 0 Å². The van der Waals surface area contributed by atoms with Crippen molar-refractivity contribution in [1.82, 2.24) is 5.32 Å². The molecule has 0 radical (unpaired) electrons. The van der Waals surface area contributed by atoms with E-state index in [2.05, 4.69) is 5.32 Å². The highest BCUT2D eigenvalue weighted by atomic mass is 19.4. The molecule has 1 heterocycles. The van der Waals surface area contributed by atoms with E-state index in [9.17, 15) is 26.3 Å². The monoisotopic (exact) mass is 313 g/mol. The van der Waals surface area contributed by atoms with Crippen LogP contribution in [0.5, 0.6) is 5.75 Å². The van der Waals surface area contributed by atoms with Crippen molar-refractivity contribution in [2.75, 3.05) is 13.1 Å². The molecule has 0 amide bonds. The SMILES string of the molecule is FC(F)(F)c1cc(OC2CCCNC2)cc(C(F)(F)F)c1. The van der Waals surface area contributed by atoms with Crippen LogP contribution in [0.3, 0.4) is 0 Å². The quantitative estimate of drug-likeness (QED) is 0.837. The number of piperidine rings is 1. The Morgan fingerprint density at radius 2 is 1.52 bits per heavy atom. The van der Waals surface area contributed by atoms with Gasteiger partial charge in [0.05, 0.1) is 11.1 Å². The molecule has 1 aromatic carbocycles. The number of halogens is 6. The molecule has 1 saturated heterocycles. The molecule has 1 aliphatic rings. The molecule has 1 fully saturated rings. The summed E-state index contributed by atoms with van der Waals surface area (Å²) in [7, 11) is 0. The fourth-order valence-electron chi connectivity index (χ4n) is 2.11. The molecule has 1 aromatic rings. The van der Waals surface area contributed by atoms with E-state index in [0.717, 1.165) is 13.0 Å². The Balaban J connectivity index is 2.31. The average Bonchev–Trinajstić information content (AvgIpc) is 2.37. The van der Waals surface area contributed by atoms with Crippen molar-refractivity contribution in [3.05, 3.63) is 29.3 Å². The average molecular weight is 313 g/mol. The molecule has 8 heteroatoms. The van der Waals surface area contributed by atoms with Gasteiger partial charge in [0.2, 0.25) is 0 Å². The summed E-state index contributed by atoms with van der Waals surface area (Å²) in [4.78, 5) is 0. The van der Waals surface area contributed by atoms with Crippen LogP contribution in [0.4, 0.5) is 26.3 Å². The highest BCUT2D eigenvalue weighted by Crippen LogP contribution is 2.38. The van der Waals surface area contributed by atoms with Crippen molar-refractivity contribution >= 4 is 0 Å². The number of hydrogen-bond acceptors (Lipinski definition) is 2. The zero-order valence-corrected chi connectivity index (χ0v) is 10.8. The van der Waals surface area contributed by atoms with Gasteiger partial charge < -0.3 is 10.1 Å². The maximum absolute atomic E-state index is 12.7. The molecule has 2 nitrogen and oxygen atoms in total. The Labute approximate surface area is 117 Å². The fraction of sp³-hybridized carbons (Fsp3) is 0.538. The zero-order valence-electron chi connectivity index (χ0n) is 10.8. The molecule has 21 heavy (non-hydrogen) atoms. The van der Waals surface area contributed by atoms with Crippen LogP contribution in [-0.2, 0) is 12.4 Å². The normalized spacial score (nSPS) is 20.4. The van der Waals surface area contributed by atoms with Gasteiger partial charge in [-0.05, 0) is 37.6 Å². The Hall–Kier alpha value is -1.44. The molecule has 0 spiro atoms. The lowest BCUT2D eigenvalue weighted by atomic mass is 10.1. The second-order valence-corrected chi connectivity index (χ2v) is 4.83. The number of nitrogens with one attached hydrogen (secondary N) is 1. The largest absolute Gasteiger partial charge is 0.489 e. The number of ether oxygens (including phenoxy) is 1. The van der Waals surface area contributed by atoms with Crippen LogP contribution in [0.15, 0.2) is 18.2 Å². The highest BCUT2D eigenvalue weighted by Gasteiger charge is 2.37. The lowest BCUT2D eigenvalue weighted by Crippen LogP contribution is -2.37. The van der Waals surface area contributed by atoms with Crippen molar-refractivity contribution in [3.63, 3.8) is 0 Å².